The highest BCUT2D eigenvalue weighted by atomic mass is 16.2. The number of amides is 2. The van der Waals surface area contributed by atoms with Crippen LogP contribution in [0.5, 0.6) is 0 Å². The number of benzene rings is 1. The molecule has 2 amide bonds. The predicted octanol–water partition coefficient (Wildman–Crippen LogP) is 1.92. The van der Waals surface area contributed by atoms with Crippen molar-refractivity contribution in [3.63, 3.8) is 0 Å². The molecule has 1 aromatic carbocycles. The van der Waals surface area contributed by atoms with Crippen LogP contribution in [-0.2, 0) is 11.2 Å². The molecular formula is C19H23N5O2. The van der Waals surface area contributed by atoms with Gasteiger partial charge in [0.05, 0.1) is 17.7 Å². The molecule has 0 bridgehead atoms. The molecule has 26 heavy (non-hydrogen) atoms. The third-order valence-corrected chi connectivity index (χ3v) is 4.13. The second-order valence-electron chi connectivity index (χ2n) is 6.73. The zero-order valence-electron chi connectivity index (χ0n) is 15.2. The van der Waals surface area contributed by atoms with Crippen molar-refractivity contribution < 1.29 is 9.59 Å². The minimum absolute atomic E-state index is 0.0399. The number of hydrogen-bond donors (Lipinski definition) is 2. The fourth-order valence-corrected chi connectivity index (χ4v) is 2.49. The molecule has 2 N–H and O–H groups in total. The smallest absolute Gasteiger partial charge is 0.259 e. The monoisotopic (exact) mass is 353 g/mol. The van der Waals surface area contributed by atoms with Crippen LogP contribution in [0.25, 0.3) is 0 Å². The molecule has 1 aliphatic rings. The first-order valence-corrected chi connectivity index (χ1v) is 8.63. The van der Waals surface area contributed by atoms with E-state index in [4.69, 9.17) is 0 Å². The fourth-order valence-electron chi connectivity index (χ4n) is 2.49. The van der Waals surface area contributed by atoms with Crippen LogP contribution < -0.4 is 15.5 Å². The SMILES string of the molecule is Cc1nc(N(C)C)ncc1C(=O)Nc1ccc(CC(=O)NC2CC2)cc1. The van der Waals surface area contributed by atoms with Crippen LogP contribution in [0.15, 0.2) is 30.5 Å². The lowest BCUT2D eigenvalue weighted by Crippen LogP contribution is -2.26. The summed E-state index contributed by atoms with van der Waals surface area (Å²) in [4.78, 5) is 34.6. The van der Waals surface area contributed by atoms with Crippen molar-refractivity contribution in [2.45, 2.75) is 32.2 Å². The zero-order chi connectivity index (χ0) is 18.7. The van der Waals surface area contributed by atoms with Crippen molar-refractivity contribution in [2.75, 3.05) is 24.3 Å². The number of carbonyl (C=O) groups is 2. The number of aryl methyl sites for hydroxylation is 1. The second kappa shape index (κ2) is 7.51. The molecule has 7 heteroatoms. The maximum atomic E-state index is 12.4. The molecule has 1 fully saturated rings. The van der Waals surface area contributed by atoms with Crippen molar-refractivity contribution >= 4 is 23.5 Å². The summed E-state index contributed by atoms with van der Waals surface area (Å²) < 4.78 is 0. The van der Waals surface area contributed by atoms with E-state index in [1.54, 1.807) is 24.0 Å². The van der Waals surface area contributed by atoms with Gasteiger partial charge in [0.25, 0.3) is 5.91 Å². The van der Waals surface area contributed by atoms with Crippen LogP contribution in [0, 0.1) is 6.92 Å². The summed E-state index contributed by atoms with van der Waals surface area (Å²) in [5.74, 6) is 0.345. The summed E-state index contributed by atoms with van der Waals surface area (Å²) in [6, 6.07) is 7.65. The van der Waals surface area contributed by atoms with E-state index in [9.17, 15) is 9.59 Å². The van der Waals surface area contributed by atoms with Gasteiger partial charge in [0.2, 0.25) is 11.9 Å². The van der Waals surface area contributed by atoms with Gasteiger partial charge in [-0.05, 0) is 37.5 Å². The molecule has 0 radical (unpaired) electrons. The molecular weight excluding hydrogens is 330 g/mol. The number of nitrogens with zero attached hydrogens (tertiary/aromatic N) is 3. The van der Waals surface area contributed by atoms with E-state index in [1.165, 1.54) is 6.20 Å². The van der Waals surface area contributed by atoms with E-state index >= 15 is 0 Å². The minimum Gasteiger partial charge on any atom is -0.353 e. The molecule has 1 aliphatic carbocycles. The third kappa shape index (κ3) is 4.56. The Labute approximate surface area is 152 Å². The van der Waals surface area contributed by atoms with E-state index in [2.05, 4.69) is 20.6 Å². The normalized spacial score (nSPS) is 13.2. The van der Waals surface area contributed by atoms with Crippen LogP contribution in [0.2, 0.25) is 0 Å². The molecule has 3 rings (SSSR count). The van der Waals surface area contributed by atoms with E-state index in [0.717, 1.165) is 18.4 Å². The third-order valence-electron chi connectivity index (χ3n) is 4.13. The maximum Gasteiger partial charge on any atom is 0.259 e. The van der Waals surface area contributed by atoms with Gasteiger partial charge in [-0.3, -0.25) is 9.59 Å². The molecule has 2 aromatic rings. The number of carbonyl (C=O) groups excluding carboxylic acids is 2. The number of nitrogens with one attached hydrogen (secondary N) is 2. The Hall–Kier alpha value is -2.96. The average Bonchev–Trinajstić information content (AvgIpc) is 3.40. The Kier molecular flexibility index (Phi) is 5.16. The lowest BCUT2D eigenvalue weighted by atomic mass is 10.1. The summed E-state index contributed by atoms with van der Waals surface area (Å²) in [5, 5.41) is 5.80. The fraction of sp³-hybridized carbons (Fsp3) is 0.368. The Morgan fingerprint density at radius 1 is 1.19 bits per heavy atom. The van der Waals surface area contributed by atoms with Gasteiger partial charge in [-0.15, -0.1) is 0 Å². The molecule has 136 valence electrons. The number of aromatic nitrogens is 2. The zero-order valence-corrected chi connectivity index (χ0v) is 15.2. The first kappa shape index (κ1) is 17.8. The summed E-state index contributed by atoms with van der Waals surface area (Å²) in [5.41, 5.74) is 2.63. The maximum absolute atomic E-state index is 12.4. The van der Waals surface area contributed by atoms with Crippen LogP contribution >= 0.6 is 0 Å². The van der Waals surface area contributed by atoms with Crippen molar-refractivity contribution in [1.29, 1.82) is 0 Å². The highest BCUT2D eigenvalue weighted by Crippen LogP contribution is 2.19. The summed E-state index contributed by atoms with van der Waals surface area (Å²) in [7, 11) is 3.70. The van der Waals surface area contributed by atoms with Crippen molar-refractivity contribution in [3.8, 4) is 0 Å². The Morgan fingerprint density at radius 2 is 1.88 bits per heavy atom. The van der Waals surface area contributed by atoms with E-state index in [-0.39, 0.29) is 11.8 Å². The molecule has 0 unspecified atom stereocenters. The van der Waals surface area contributed by atoms with E-state index in [0.29, 0.717) is 35.4 Å². The Balaban J connectivity index is 1.61. The Morgan fingerprint density at radius 3 is 2.46 bits per heavy atom. The molecule has 7 nitrogen and oxygen atoms in total. The van der Waals surface area contributed by atoms with E-state index in [1.807, 2.05) is 26.2 Å². The molecule has 1 heterocycles. The van der Waals surface area contributed by atoms with Gasteiger partial charge in [-0.25, -0.2) is 9.97 Å². The molecule has 1 aromatic heterocycles. The lowest BCUT2D eigenvalue weighted by molar-refractivity contribution is -0.120. The van der Waals surface area contributed by atoms with Gasteiger partial charge >= 0.3 is 0 Å². The summed E-state index contributed by atoms with van der Waals surface area (Å²) >= 11 is 0. The largest absolute Gasteiger partial charge is 0.353 e. The molecule has 0 saturated heterocycles. The number of rotatable bonds is 6. The Bertz CT molecular complexity index is 813. The van der Waals surface area contributed by atoms with Crippen LogP contribution in [0.3, 0.4) is 0 Å². The van der Waals surface area contributed by atoms with Crippen molar-refractivity contribution in [3.05, 3.63) is 47.3 Å². The summed E-state index contributed by atoms with van der Waals surface area (Å²) in [6.45, 7) is 1.78. The van der Waals surface area contributed by atoms with Crippen LogP contribution in [0.4, 0.5) is 11.6 Å². The lowest BCUT2D eigenvalue weighted by Gasteiger charge is -2.12. The number of anilines is 2. The highest BCUT2D eigenvalue weighted by molar-refractivity contribution is 6.04. The first-order valence-electron chi connectivity index (χ1n) is 8.63. The minimum atomic E-state index is -0.257. The van der Waals surface area contributed by atoms with E-state index < -0.39 is 0 Å². The summed E-state index contributed by atoms with van der Waals surface area (Å²) in [6.07, 6.45) is 4.04. The molecule has 1 saturated carbocycles. The second-order valence-corrected chi connectivity index (χ2v) is 6.73. The highest BCUT2D eigenvalue weighted by Gasteiger charge is 2.23. The van der Waals surface area contributed by atoms with Gasteiger partial charge in [-0.2, -0.15) is 0 Å². The average molecular weight is 353 g/mol. The topological polar surface area (TPSA) is 87.2 Å². The van der Waals surface area contributed by atoms with Gasteiger partial charge in [0, 0.05) is 32.0 Å². The molecule has 0 atom stereocenters. The van der Waals surface area contributed by atoms with Gasteiger partial charge in [-0.1, -0.05) is 12.1 Å². The van der Waals surface area contributed by atoms with Crippen molar-refractivity contribution in [2.24, 2.45) is 0 Å². The molecule has 0 spiro atoms. The van der Waals surface area contributed by atoms with Gasteiger partial charge in [0.1, 0.15) is 0 Å². The first-order chi connectivity index (χ1) is 12.4. The van der Waals surface area contributed by atoms with Gasteiger partial charge in [0.15, 0.2) is 0 Å². The van der Waals surface area contributed by atoms with Crippen LogP contribution in [-0.4, -0.2) is 41.9 Å². The molecule has 0 aliphatic heterocycles. The predicted molar refractivity (Wildman–Crippen MR) is 100 cm³/mol. The van der Waals surface area contributed by atoms with Crippen molar-refractivity contribution in [1.82, 2.24) is 15.3 Å². The quantitative estimate of drug-likeness (QED) is 0.828. The van der Waals surface area contributed by atoms with Gasteiger partial charge < -0.3 is 15.5 Å². The van der Waals surface area contributed by atoms with Crippen LogP contribution in [0.1, 0.15) is 34.5 Å². The standard InChI is InChI=1S/C19H23N5O2/c1-12-16(11-20-19(21-12)24(2)3)18(26)23-15-6-4-13(5-7-15)10-17(25)22-14-8-9-14/h4-7,11,14H,8-10H2,1-3H3,(H,22,25)(H,23,26). The number of hydrogen-bond acceptors (Lipinski definition) is 5.